The summed E-state index contributed by atoms with van der Waals surface area (Å²) in [4.78, 5) is 11.0. The van der Waals surface area contributed by atoms with Gasteiger partial charge in [0.1, 0.15) is 5.76 Å². The van der Waals surface area contributed by atoms with Crippen LogP contribution in [0.3, 0.4) is 0 Å². The van der Waals surface area contributed by atoms with Gasteiger partial charge in [-0.15, -0.1) is 0 Å². The molecular weight excluding hydrogens is 157 g/mol. The maximum atomic E-state index is 11.0. The molecule has 12 heavy (non-hydrogen) atoms. The zero-order valence-corrected chi connectivity index (χ0v) is 6.74. The smallest absolute Gasteiger partial charge is 0.360 e. The molecule has 0 bridgehead atoms. The lowest BCUT2D eigenvalue weighted by Crippen LogP contribution is -2.04. The maximum absolute atomic E-state index is 11.0. The Hall–Kier alpha value is -1.26. The van der Waals surface area contributed by atoms with Crippen molar-refractivity contribution < 1.29 is 14.1 Å². The average Bonchev–Trinajstić information content (AvgIpc) is 2.52. The van der Waals surface area contributed by atoms with Crippen LogP contribution >= 0.6 is 0 Å². The standard InChI is InChI=1S/C7H8BNO3/c1-2-11-7(10)6-3-5(4-8)12-9-6/h3H,2,4H2,1H3. The summed E-state index contributed by atoms with van der Waals surface area (Å²) >= 11 is 0. The van der Waals surface area contributed by atoms with Gasteiger partial charge in [0.2, 0.25) is 0 Å². The van der Waals surface area contributed by atoms with Crippen LogP contribution in [0, 0.1) is 0 Å². The number of carbonyl (C=O) groups excluding carboxylic acids is 1. The zero-order chi connectivity index (χ0) is 8.97. The molecule has 1 aromatic rings. The molecule has 0 atom stereocenters. The maximum Gasteiger partial charge on any atom is 0.360 e. The lowest BCUT2D eigenvalue weighted by Gasteiger charge is -1.94. The topological polar surface area (TPSA) is 52.3 Å². The summed E-state index contributed by atoms with van der Waals surface area (Å²) in [5, 5.41) is 3.48. The molecule has 2 radical (unpaired) electrons. The second-order valence-corrected chi connectivity index (χ2v) is 2.10. The molecule has 0 aliphatic carbocycles. The summed E-state index contributed by atoms with van der Waals surface area (Å²) in [7, 11) is 5.25. The summed E-state index contributed by atoms with van der Waals surface area (Å²) in [6, 6.07) is 1.47. The van der Waals surface area contributed by atoms with E-state index in [9.17, 15) is 4.79 Å². The van der Waals surface area contributed by atoms with Crippen molar-refractivity contribution >= 4 is 13.8 Å². The highest BCUT2D eigenvalue weighted by molar-refractivity contribution is 6.08. The third-order valence-electron chi connectivity index (χ3n) is 1.24. The van der Waals surface area contributed by atoms with E-state index in [1.165, 1.54) is 6.07 Å². The minimum atomic E-state index is -0.485. The molecule has 0 N–H and O–H groups in total. The Morgan fingerprint density at radius 1 is 1.83 bits per heavy atom. The molecule has 1 rings (SSSR count). The number of hydrogen-bond acceptors (Lipinski definition) is 4. The SMILES string of the molecule is [B]Cc1cc(C(=O)OCC)no1. The monoisotopic (exact) mass is 165 g/mol. The van der Waals surface area contributed by atoms with Crippen LogP contribution in [-0.4, -0.2) is 25.6 Å². The van der Waals surface area contributed by atoms with Gasteiger partial charge in [0.15, 0.2) is 5.69 Å². The Balaban J connectivity index is 2.68. The van der Waals surface area contributed by atoms with Gasteiger partial charge in [-0.1, -0.05) is 5.16 Å². The molecule has 0 aliphatic rings. The largest absolute Gasteiger partial charge is 0.461 e. The lowest BCUT2D eigenvalue weighted by atomic mass is 10.0. The van der Waals surface area contributed by atoms with Gasteiger partial charge in [-0.2, -0.15) is 0 Å². The number of ether oxygens (including phenoxy) is 1. The van der Waals surface area contributed by atoms with Gasteiger partial charge in [0.25, 0.3) is 0 Å². The van der Waals surface area contributed by atoms with Crippen LogP contribution in [0.1, 0.15) is 23.2 Å². The van der Waals surface area contributed by atoms with Crippen molar-refractivity contribution in [1.29, 1.82) is 0 Å². The molecule has 0 saturated carbocycles. The fraction of sp³-hybridized carbons (Fsp3) is 0.429. The Kier molecular flexibility index (Phi) is 2.91. The van der Waals surface area contributed by atoms with E-state index >= 15 is 0 Å². The molecule has 0 fully saturated rings. The molecule has 0 saturated heterocycles. The van der Waals surface area contributed by atoms with E-state index in [0.29, 0.717) is 12.4 Å². The molecule has 1 heterocycles. The van der Waals surface area contributed by atoms with Gasteiger partial charge < -0.3 is 9.26 Å². The fourth-order valence-corrected chi connectivity index (χ4v) is 0.710. The van der Waals surface area contributed by atoms with Gasteiger partial charge >= 0.3 is 5.97 Å². The van der Waals surface area contributed by atoms with Crippen LogP contribution < -0.4 is 0 Å². The molecular formula is C7H8BNO3. The predicted molar refractivity (Wildman–Crippen MR) is 41.9 cm³/mol. The van der Waals surface area contributed by atoms with Gasteiger partial charge in [-0.05, 0) is 13.2 Å². The van der Waals surface area contributed by atoms with Crippen molar-refractivity contribution in [1.82, 2.24) is 5.16 Å². The van der Waals surface area contributed by atoms with Crippen molar-refractivity contribution in [2.45, 2.75) is 13.2 Å². The van der Waals surface area contributed by atoms with E-state index in [-0.39, 0.29) is 12.0 Å². The highest BCUT2D eigenvalue weighted by Crippen LogP contribution is 2.04. The first kappa shape index (κ1) is 8.84. The van der Waals surface area contributed by atoms with Crippen LogP contribution in [0.2, 0.25) is 0 Å². The Morgan fingerprint density at radius 2 is 2.58 bits per heavy atom. The number of carbonyl (C=O) groups is 1. The number of hydrogen-bond donors (Lipinski definition) is 0. The van der Waals surface area contributed by atoms with Gasteiger partial charge in [0, 0.05) is 6.07 Å². The third kappa shape index (κ3) is 1.87. The van der Waals surface area contributed by atoms with Crippen molar-refractivity contribution in [2.75, 3.05) is 6.61 Å². The summed E-state index contributed by atoms with van der Waals surface area (Å²) in [5.74, 6) is -0.0148. The highest BCUT2D eigenvalue weighted by Gasteiger charge is 2.11. The number of aromatic nitrogens is 1. The van der Waals surface area contributed by atoms with E-state index in [1.54, 1.807) is 6.92 Å². The third-order valence-corrected chi connectivity index (χ3v) is 1.24. The highest BCUT2D eigenvalue weighted by atomic mass is 16.5. The summed E-state index contributed by atoms with van der Waals surface area (Å²) < 4.78 is 9.39. The molecule has 0 spiro atoms. The summed E-state index contributed by atoms with van der Waals surface area (Å²) in [6.45, 7) is 2.05. The van der Waals surface area contributed by atoms with Gasteiger partial charge in [-0.25, -0.2) is 4.79 Å². The van der Waals surface area contributed by atoms with Crippen molar-refractivity contribution in [2.24, 2.45) is 0 Å². The van der Waals surface area contributed by atoms with Crippen LogP contribution in [0.15, 0.2) is 10.6 Å². The first-order valence-corrected chi connectivity index (χ1v) is 3.60. The Bertz CT molecular complexity index is 271. The molecule has 0 aromatic carbocycles. The van der Waals surface area contributed by atoms with Crippen LogP contribution in [0.5, 0.6) is 0 Å². The normalized spacial score (nSPS) is 9.75. The summed E-state index contributed by atoms with van der Waals surface area (Å²) in [6.07, 6.45) is 0.229. The first-order valence-electron chi connectivity index (χ1n) is 3.60. The van der Waals surface area contributed by atoms with E-state index in [1.807, 2.05) is 0 Å². The first-order chi connectivity index (χ1) is 5.77. The second-order valence-electron chi connectivity index (χ2n) is 2.10. The van der Waals surface area contributed by atoms with Gasteiger partial charge in [-0.3, -0.25) is 0 Å². The molecule has 5 heteroatoms. The second kappa shape index (κ2) is 3.94. The molecule has 0 unspecified atom stereocenters. The zero-order valence-electron chi connectivity index (χ0n) is 6.74. The number of nitrogens with zero attached hydrogens (tertiary/aromatic N) is 1. The molecule has 0 amide bonds. The Labute approximate surface area is 71.3 Å². The van der Waals surface area contributed by atoms with Crippen molar-refractivity contribution in [3.05, 3.63) is 17.5 Å². The fourth-order valence-electron chi connectivity index (χ4n) is 0.710. The van der Waals surface area contributed by atoms with E-state index in [4.69, 9.17) is 12.4 Å². The van der Waals surface area contributed by atoms with E-state index in [0.717, 1.165) is 0 Å². The van der Waals surface area contributed by atoms with Crippen LogP contribution in [0.4, 0.5) is 0 Å². The predicted octanol–water partition coefficient (Wildman–Crippen LogP) is 0.520. The van der Waals surface area contributed by atoms with E-state index < -0.39 is 5.97 Å². The quantitative estimate of drug-likeness (QED) is 0.483. The summed E-state index contributed by atoms with van der Waals surface area (Å²) in [5.41, 5.74) is 0.164. The van der Waals surface area contributed by atoms with Crippen LogP contribution in [0.25, 0.3) is 0 Å². The molecule has 0 aliphatic heterocycles. The number of rotatable bonds is 3. The average molecular weight is 165 g/mol. The minimum absolute atomic E-state index is 0.164. The van der Waals surface area contributed by atoms with Gasteiger partial charge in [0.05, 0.1) is 14.5 Å². The van der Waals surface area contributed by atoms with Crippen molar-refractivity contribution in [3.63, 3.8) is 0 Å². The Morgan fingerprint density at radius 3 is 3.08 bits per heavy atom. The van der Waals surface area contributed by atoms with Crippen molar-refractivity contribution in [3.8, 4) is 0 Å². The van der Waals surface area contributed by atoms with Crippen LogP contribution in [-0.2, 0) is 11.1 Å². The molecule has 62 valence electrons. The molecule has 1 aromatic heterocycles. The minimum Gasteiger partial charge on any atom is -0.461 e. The number of esters is 1. The lowest BCUT2D eigenvalue weighted by molar-refractivity contribution is 0.0514. The molecule has 4 nitrogen and oxygen atoms in total. The van der Waals surface area contributed by atoms with E-state index in [2.05, 4.69) is 9.89 Å².